The zero-order valence-corrected chi connectivity index (χ0v) is 15.6. The SMILES string of the molecule is COCCCN1C(=O)CC[C@H]2CN(C(=O)Cc3cc(=O)[nH]c(N)n3)CC[C@H]21. The van der Waals surface area contributed by atoms with Crippen molar-refractivity contribution in [2.75, 3.05) is 39.1 Å². The van der Waals surface area contributed by atoms with Crippen LogP contribution in [0.5, 0.6) is 0 Å². The zero-order chi connectivity index (χ0) is 19.4. The topological polar surface area (TPSA) is 122 Å². The molecular formula is C18H27N5O4. The Balaban J connectivity index is 1.61. The van der Waals surface area contributed by atoms with Crippen molar-refractivity contribution in [2.45, 2.75) is 38.1 Å². The molecule has 2 fully saturated rings. The van der Waals surface area contributed by atoms with Crippen molar-refractivity contribution in [3.8, 4) is 0 Å². The zero-order valence-electron chi connectivity index (χ0n) is 15.6. The standard InChI is InChI=1S/C18H27N5O4/c1-27-8-2-6-23-14-5-7-22(11-12(14)3-4-16(23)25)17(26)10-13-9-15(24)21-18(19)20-13/h9,12,14H,2-8,10-11H2,1H3,(H3,19,20,21,24)/t12-,14+/m0/s1. The van der Waals surface area contributed by atoms with Crippen LogP contribution in [0.2, 0.25) is 0 Å². The first-order valence-electron chi connectivity index (χ1n) is 9.40. The summed E-state index contributed by atoms with van der Waals surface area (Å²) in [6, 6.07) is 1.50. The van der Waals surface area contributed by atoms with Crippen LogP contribution < -0.4 is 11.3 Å². The van der Waals surface area contributed by atoms with E-state index in [0.29, 0.717) is 44.3 Å². The van der Waals surface area contributed by atoms with E-state index in [1.165, 1.54) is 6.07 Å². The molecule has 0 bridgehead atoms. The van der Waals surface area contributed by atoms with E-state index in [2.05, 4.69) is 9.97 Å². The fraction of sp³-hybridized carbons (Fsp3) is 0.667. The molecule has 3 N–H and O–H groups in total. The second kappa shape index (κ2) is 8.51. The van der Waals surface area contributed by atoms with Crippen LogP contribution >= 0.6 is 0 Å². The summed E-state index contributed by atoms with van der Waals surface area (Å²) in [4.78, 5) is 46.7. The number of aromatic nitrogens is 2. The number of anilines is 1. The highest BCUT2D eigenvalue weighted by Crippen LogP contribution is 2.31. The minimum atomic E-state index is -0.360. The van der Waals surface area contributed by atoms with Crippen molar-refractivity contribution in [1.29, 1.82) is 0 Å². The van der Waals surface area contributed by atoms with Gasteiger partial charge in [-0.1, -0.05) is 0 Å². The highest BCUT2D eigenvalue weighted by molar-refractivity contribution is 5.79. The number of likely N-dealkylation sites (tertiary alicyclic amines) is 2. The summed E-state index contributed by atoms with van der Waals surface area (Å²) in [5.74, 6) is 0.450. The molecule has 2 atom stereocenters. The van der Waals surface area contributed by atoms with Crippen molar-refractivity contribution in [1.82, 2.24) is 19.8 Å². The lowest BCUT2D eigenvalue weighted by Crippen LogP contribution is -2.57. The summed E-state index contributed by atoms with van der Waals surface area (Å²) in [6.45, 7) is 2.58. The number of rotatable bonds is 6. The maximum Gasteiger partial charge on any atom is 0.252 e. The first-order chi connectivity index (χ1) is 13.0. The van der Waals surface area contributed by atoms with Gasteiger partial charge in [0.15, 0.2) is 0 Å². The van der Waals surface area contributed by atoms with E-state index < -0.39 is 0 Å². The highest BCUT2D eigenvalue weighted by Gasteiger charge is 2.39. The molecule has 0 aromatic carbocycles. The molecule has 27 heavy (non-hydrogen) atoms. The monoisotopic (exact) mass is 377 g/mol. The van der Waals surface area contributed by atoms with E-state index in [1.54, 1.807) is 7.11 Å². The van der Waals surface area contributed by atoms with Gasteiger partial charge in [0.05, 0.1) is 12.1 Å². The number of nitrogen functional groups attached to an aromatic ring is 1. The summed E-state index contributed by atoms with van der Waals surface area (Å²) < 4.78 is 5.10. The number of nitrogens with one attached hydrogen (secondary N) is 1. The van der Waals surface area contributed by atoms with Gasteiger partial charge in [0, 0.05) is 51.9 Å². The van der Waals surface area contributed by atoms with E-state index in [0.717, 1.165) is 19.3 Å². The number of nitrogens with zero attached hydrogens (tertiary/aromatic N) is 3. The average molecular weight is 377 g/mol. The number of hydrogen-bond acceptors (Lipinski definition) is 6. The number of fused-ring (bicyclic) bond motifs is 1. The molecule has 3 rings (SSSR count). The lowest BCUT2D eigenvalue weighted by molar-refractivity contribution is -0.144. The van der Waals surface area contributed by atoms with Gasteiger partial charge >= 0.3 is 0 Å². The maximum atomic E-state index is 12.7. The number of ether oxygens (including phenoxy) is 1. The summed E-state index contributed by atoms with van der Waals surface area (Å²) in [6.07, 6.45) is 3.00. The smallest absolute Gasteiger partial charge is 0.252 e. The maximum absolute atomic E-state index is 12.7. The first kappa shape index (κ1) is 19.3. The number of nitrogens with two attached hydrogens (primary N) is 1. The van der Waals surface area contributed by atoms with Gasteiger partial charge in [-0.15, -0.1) is 0 Å². The average Bonchev–Trinajstić information content (AvgIpc) is 2.62. The number of aromatic amines is 1. The van der Waals surface area contributed by atoms with Crippen LogP contribution in [0, 0.1) is 5.92 Å². The molecule has 0 saturated carbocycles. The van der Waals surface area contributed by atoms with Crippen LogP contribution in [0.1, 0.15) is 31.4 Å². The van der Waals surface area contributed by atoms with Gasteiger partial charge in [0.2, 0.25) is 17.8 Å². The molecule has 0 radical (unpaired) electrons. The number of piperidine rings is 2. The number of methoxy groups -OCH3 is 1. The third-order valence-corrected chi connectivity index (χ3v) is 5.39. The predicted octanol–water partition coefficient (Wildman–Crippen LogP) is -0.229. The molecule has 148 valence electrons. The fourth-order valence-electron chi connectivity index (χ4n) is 4.13. The molecule has 0 unspecified atom stereocenters. The van der Waals surface area contributed by atoms with Gasteiger partial charge in [-0.2, -0.15) is 0 Å². The molecular weight excluding hydrogens is 350 g/mol. The van der Waals surface area contributed by atoms with Gasteiger partial charge in [-0.25, -0.2) is 4.98 Å². The number of H-pyrrole nitrogens is 1. The highest BCUT2D eigenvalue weighted by atomic mass is 16.5. The lowest BCUT2D eigenvalue weighted by atomic mass is 9.83. The summed E-state index contributed by atoms with van der Waals surface area (Å²) in [5, 5.41) is 0. The van der Waals surface area contributed by atoms with Gasteiger partial charge < -0.3 is 20.3 Å². The Bertz CT molecular complexity index is 750. The van der Waals surface area contributed by atoms with Gasteiger partial charge in [-0.05, 0) is 25.2 Å². The van der Waals surface area contributed by atoms with Crippen molar-refractivity contribution >= 4 is 17.8 Å². The molecule has 2 aliphatic rings. The normalized spacial score (nSPS) is 22.6. The molecule has 1 aromatic rings. The predicted molar refractivity (Wildman–Crippen MR) is 98.9 cm³/mol. The van der Waals surface area contributed by atoms with Crippen molar-refractivity contribution < 1.29 is 14.3 Å². The quantitative estimate of drug-likeness (QED) is 0.661. The third kappa shape index (κ3) is 4.65. The van der Waals surface area contributed by atoms with Crippen molar-refractivity contribution in [3.05, 3.63) is 22.1 Å². The lowest BCUT2D eigenvalue weighted by Gasteiger charge is -2.47. The molecule has 0 aliphatic carbocycles. The molecule has 2 aliphatic heterocycles. The van der Waals surface area contributed by atoms with Crippen LogP contribution in [0.15, 0.2) is 10.9 Å². The van der Waals surface area contributed by atoms with Gasteiger partial charge in [-0.3, -0.25) is 19.4 Å². The van der Waals surface area contributed by atoms with E-state index in [1.807, 2.05) is 9.80 Å². The molecule has 9 nitrogen and oxygen atoms in total. The number of hydrogen-bond donors (Lipinski definition) is 2. The second-order valence-corrected chi connectivity index (χ2v) is 7.23. The Morgan fingerprint density at radius 1 is 1.41 bits per heavy atom. The van der Waals surface area contributed by atoms with E-state index in [4.69, 9.17) is 10.5 Å². The fourth-order valence-corrected chi connectivity index (χ4v) is 4.13. The number of amides is 2. The number of carbonyl (C=O) groups is 2. The van der Waals surface area contributed by atoms with Crippen LogP contribution in [-0.2, 0) is 20.7 Å². The third-order valence-electron chi connectivity index (χ3n) is 5.39. The van der Waals surface area contributed by atoms with E-state index in [-0.39, 0.29) is 35.8 Å². The van der Waals surface area contributed by atoms with Crippen molar-refractivity contribution in [2.24, 2.45) is 5.92 Å². The molecule has 3 heterocycles. The van der Waals surface area contributed by atoms with Crippen LogP contribution in [0.3, 0.4) is 0 Å². The summed E-state index contributed by atoms with van der Waals surface area (Å²) >= 11 is 0. The van der Waals surface area contributed by atoms with Gasteiger partial charge in [0.25, 0.3) is 5.56 Å². The molecule has 2 saturated heterocycles. The largest absolute Gasteiger partial charge is 0.385 e. The van der Waals surface area contributed by atoms with E-state index in [9.17, 15) is 14.4 Å². The Morgan fingerprint density at radius 3 is 2.96 bits per heavy atom. The summed E-state index contributed by atoms with van der Waals surface area (Å²) in [7, 11) is 1.66. The Labute approximate surface area is 157 Å². The van der Waals surface area contributed by atoms with E-state index >= 15 is 0 Å². The molecule has 1 aromatic heterocycles. The van der Waals surface area contributed by atoms with Crippen LogP contribution in [0.25, 0.3) is 0 Å². The molecule has 9 heteroatoms. The Kier molecular flexibility index (Phi) is 6.10. The van der Waals surface area contributed by atoms with Crippen LogP contribution in [-0.4, -0.2) is 71.0 Å². The molecule has 2 amide bonds. The van der Waals surface area contributed by atoms with Crippen LogP contribution in [0.4, 0.5) is 5.95 Å². The number of carbonyl (C=O) groups excluding carboxylic acids is 2. The molecule has 0 spiro atoms. The summed E-state index contributed by atoms with van der Waals surface area (Å²) in [5.41, 5.74) is 5.56. The minimum Gasteiger partial charge on any atom is -0.385 e. The Morgan fingerprint density at radius 2 is 2.22 bits per heavy atom. The van der Waals surface area contributed by atoms with Crippen molar-refractivity contribution in [3.63, 3.8) is 0 Å². The second-order valence-electron chi connectivity index (χ2n) is 7.23. The van der Waals surface area contributed by atoms with Gasteiger partial charge in [0.1, 0.15) is 0 Å². The Hall–Kier alpha value is -2.42. The first-order valence-corrected chi connectivity index (χ1v) is 9.40. The minimum absolute atomic E-state index is 0.0153.